The molecule has 0 heterocycles. The second kappa shape index (κ2) is 15.8. The lowest BCUT2D eigenvalue weighted by Gasteiger charge is -2.38. The fourth-order valence-electron chi connectivity index (χ4n) is 5.36. The maximum absolute atomic E-state index is 14.0. The van der Waals surface area contributed by atoms with E-state index in [9.17, 15) is 23.5 Å². The highest BCUT2D eigenvalue weighted by atomic mass is 28.4. The lowest BCUT2D eigenvalue weighted by Crippen LogP contribution is -2.50. The fraction of sp³-hybridized carbons (Fsp3) is 0.333. The van der Waals surface area contributed by atoms with Gasteiger partial charge in [0.1, 0.15) is 11.6 Å². The van der Waals surface area contributed by atoms with Crippen LogP contribution < -0.4 is 10.6 Å². The zero-order valence-corrected chi connectivity index (χ0v) is 29.3. The molecule has 0 saturated heterocycles. The second-order valence-corrected chi connectivity index (χ2v) is 18.5. The van der Waals surface area contributed by atoms with Crippen molar-refractivity contribution in [1.29, 1.82) is 0 Å². The highest BCUT2D eigenvalue weighted by Gasteiger charge is 2.39. The maximum Gasteiger partial charge on any atom is 0.249 e. The molecule has 0 unspecified atom stereocenters. The zero-order valence-electron chi connectivity index (χ0n) is 28.3. The quantitative estimate of drug-likeness (QED) is 0.0972. The summed E-state index contributed by atoms with van der Waals surface area (Å²) in [4.78, 5) is 27.2. The highest BCUT2D eigenvalue weighted by molar-refractivity contribution is 6.74. The number of benzene rings is 4. The minimum Gasteiger partial charge on any atom is -0.415 e. The van der Waals surface area contributed by atoms with Crippen LogP contribution in [0, 0.1) is 11.6 Å². The summed E-state index contributed by atoms with van der Waals surface area (Å²) in [6, 6.07) is 32.1. The van der Waals surface area contributed by atoms with E-state index in [2.05, 4.69) is 44.5 Å². The number of nitrogens with one attached hydrogen (secondary N) is 2. The third kappa shape index (κ3) is 9.03. The van der Waals surface area contributed by atoms with E-state index in [4.69, 9.17) is 4.43 Å². The molecule has 0 bridgehead atoms. The topological polar surface area (TPSA) is 87.7 Å². The van der Waals surface area contributed by atoms with Crippen LogP contribution in [0.3, 0.4) is 0 Å². The van der Waals surface area contributed by atoms with Crippen molar-refractivity contribution in [2.45, 2.75) is 75.9 Å². The lowest BCUT2D eigenvalue weighted by atomic mass is 9.77. The summed E-state index contributed by atoms with van der Waals surface area (Å²) in [6.07, 6.45) is -1.42. The normalized spacial score (nSPS) is 13.4. The van der Waals surface area contributed by atoms with Gasteiger partial charge in [-0.2, -0.15) is 0 Å². The van der Waals surface area contributed by atoms with Crippen LogP contribution in [0.2, 0.25) is 18.1 Å². The Kier molecular flexibility index (Phi) is 12.1. The number of halogens is 2. The molecule has 0 aliphatic heterocycles. The first-order chi connectivity index (χ1) is 22.7. The Hall–Kier alpha value is -4.18. The molecule has 3 N–H and O–H groups in total. The first-order valence-corrected chi connectivity index (χ1v) is 19.2. The molecular weight excluding hydrogens is 627 g/mol. The third-order valence-corrected chi connectivity index (χ3v) is 13.7. The number of amides is 2. The van der Waals surface area contributed by atoms with Gasteiger partial charge in [0.25, 0.3) is 0 Å². The summed E-state index contributed by atoms with van der Waals surface area (Å²) in [6.45, 7) is 10.7. The van der Waals surface area contributed by atoms with Gasteiger partial charge in [-0.15, -0.1) is 0 Å². The molecule has 4 aromatic carbocycles. The summed E-state index contributed by atoms with van der Waals surface area (Å²) in [5.74, 6) is -2.98. The Bertz CT molecular complexity index is 1550. The van der Waals surface area contributed by atoms with E-state index in [1.165, 1.54) is 6.07 Å². The molecule has 0 fully saturated rings. The van der Waals surface area contributed by atoms with Crippen molar-refractivity contribution in [1.82, 2.24) is 10.6 Å². The lowest BCUT2D eigenvalue weighted by molar-refractivity contribution is -0.130. The van der Waals surface area contributed by atoms with Crippen LogP contribution in [0.25, 0.3) is 0 Å². The molecule has 0 radical (unpaired) electrons. The van der Waals surface area contributed by atoms with E-state index in [0.717, 1.165) is 28.8 Å². The molecule has 4 aromatic rings. The van der Waals surface area contributed by atoms with Gasteiger partial charge in [-0.3, -0.25) is 9.59 Å². The molecule has 48 heavy (non-hydrogen) atoms. The van der Waals surface area contributed by atoms with Gasteiger partial charge in [-0.1, -0.05) is 118 Å². The highest BCUT2D eigenvalue weighted by Crippen LogP contribution is 2.38. The number of hydrogen-bond acceptors (Lipinski definition) is 4. The van der Waals surface area contributed by atoms with Crippen molar-refractivity contribution in [2.75, 3.05) is 6.61 Å². The molecule has 254 valence electrons. The van der Waals surface area contributed by atoms with Crippen molar-refractivity contribution in [3.05, 3.63) is 143 Å². The Balaban J connectivity index is 1.57. The van der Waals surface area contributed by atoms with Crippen molar-refractivity contribution in [2.24, 2.45) is 0 Å². The van der Waals surface area contributed by atoms with Gasteiger partial charge in [-0.05, 0) is 58.9 Å². The maximum atomic E-state index is 14.0. The number of carbonyl (C=O) groups is 2. The largest absolute Gasteiger partial charge is 0.415 e. The van der Waals surface area contributed by atoms with Crippen LogP contribution in [0.4, 0.5) is 8.78 Å². The predicted octanol–water partition coefficient (Wildman–Crippen LogP) is 7.26. The Morgan fingerprint density at radius 2 is 1.29 bits per heavy atom. The molecule has 9 heteroatoms. The summed E-state index contributed by atoms with van der Waals surface area (Å²) < 4.78 is 33.6. The third-order valence-electron chi connectivity index (χ3n) is 9.18. The average molecular weight is 673 g/mol. The molecule has 6 nitrogen and oxygen atoms in total. The van der Waals surface area contributed by atoms with Crippen LogP contribution in [-0.2, 0) is 26.0 Å². The average Bonchev–Trinajstić information content (AvgIpc) is 3.07. The second-order valence-electron chi connectivity index (χ2n) is 13.7. The summed E-state index contributed by atoms with van der Waals surface area (Å²) in [5.41, 5.74) is 1.97. The minimum absolute atomic E-state index is 0.0549. The molecule has 4 rings (SSSR count). The van der Waals surface area contributed by atoms with Crippen LogP contribution in [0.1, 0.15) is 55.9 Å². The molecule has 2 atom stereocenters. The number of aliphatic hydroxyl groups is 1. The molecule has 0 spiro atoms. The SMILES string of the molecule is CC(C)(C)[Si](C)(C)OC[C@H](CCC(=O)NC(c1ccccc1)(c1ccccc1)c1ccccc1)NC(=O)[C@H](O)Cc1ccc(F)c(F)c1. The molecule has 2 amide bonds. The number of hydrogen-bond donors (Lipinski definition) is 3. The number of rotatable bonds is 14. The van der Waals surface area contributed by atoms with Crippen LogP contribution in [-0.4, -0.2) is 44.0 Å². The van der Waals surface area contributed by atoms with Gasteiger partial charge in [0, 0.05) is 12.8 Å². The van der Waals surface area contributed by atoms with E-state index < -0.39 is 43.5 Å². The summed E-state index contributed by atoms with van der Waals surface area (Å²) in [7, 11) is -2.24. The first-order valence-electron chi connectivity index (χ1n) is 16.3. The van der Waals surface area contributed by atoms with Crippen LogP contribution >= 0.6 is 0 Å². The van der Waals surface area contributed by atoms with Crippen LogP contribution in [0.5, 0.6) is 0 Å². The van der Waals surface area contributed by atoms with Crippen molar-refractivity contribution in [3.8, 4) is 0 Å². The van der Waals surface area contributed by atoms with E-state index in [-0.39, 0.29) is 42.4 Å². The smallest absolute Gasteiger partial charge is 0.249 e. The van der Waals surface area contributed by atoms with Crippen molar-refractivity contribution < 1.29 is 27.9 Å². The Labute approximate surface area is 283 Å². The van der Waals surface area contributed by atoms with E-state index in [1.54, 1.807) is 0 Å². The van der Waals surface area contributed by atoms with E-state index in [0.29, 0.717) is 0 Å². The Morgan fingerprint density at radius 3 is 1.75 bits per heavy atom. The van der Waals surface area contributed by atoms with Crippen LogP contribution in [0.15, 0.2) is 109 Å². The zero-order chi connectivity index (χ0) is 35.0. The van der Waals surface area contributed by atoms with Gasteiger partial charge in [0.15, 0.2) is 20.0 Å². The molecule has 0 aliphatic rings. The van der Waals surface area contributed by atoms with Gasteiger partial charge < -0.3 is 20.2 Å². The molecule has 0 aromatic heterocycles. The van der Waals surface area contributed by atoms with Gasteiger partial charge in [0.2, 0.25) is 11.8 Å². The number of aliphatic hydroxyl groups excluding tert-OH is 1. The Morgan fingerprint density at radius 1 is 0.792 bits per heavy atom. The van der Waals surface area contributed by atoms with Gasteiger partial charge in [0.05, 0.1) is 12.6 Å². The van der Waals surface area contributed by atoms with Gasteiger partial charge >= 0.3 is 0 Å². The van der Waals surface area contributed by atoms with Gasteiger partial charge in [-0.25, -0.2) is 8.78 Å². The summed E-state index contributed by atoms with van der Waals surface area (Å²) >= 11 is 0. The van der Waals surface area contributed by atoms with Crippen molar-refractivity contribution in [3.63, 3.8) is 0 Å². The van der Waals surface area contributed by atoms with E-state index >= 15 is 0 Å². The van der Waals surface area contributed by atoms with E-state index in [1.807, 2.05) is 91.0 Å². The van der Waals surface area contributed by atoms with Crippen molar-refractivity contribution >= 4 is 20.1 Å². The monoisotopic (exact) mass is 672 g/mol. The molecular formula is C39H46F2N2O4Si. The standard InChI is InChI=1S/C39H46F2N2O4Si/c1-38(2,3)48(4,5)47-27-32(42-37(46)35(44)26-28-21-23-33(40)34(41)25-28)22-24-36(45)43-39(29-15-9-6-10-16-29,30-17-11-7-12-18-30)31-19-13-8-14-20-31/h6-21,23,25,32,35,44H,22,24,26-27H2,1-5H3,(H,42,46)(H,43,45)/t32-,35+/m0/s1. The first kappa shape index (κ1) is 36.6. The predicted molar refractivity (Wildman–Crippen MR) is 188 cm³/mol. The molecule has 0 saturated carbocycles. The summed E-state index contributed by atoms with van der Waals surface area (Å²) in [5, 5.41) is 16.8. The number of carbonyl (C=O) groups excluding carboxylic acids is 2. The fourth-order valence-corrected chi connectivity index (χ4v) is 6.41. The molecule has 0 aliphatic carbocycles. The minimum atomic E-state index is -2.24.